The third-order valence-electron chi connectivity index (χ3n) is 3.98. The summed E-state index contributed by atoms with van der Waals surface area (Å²) in [7, 11) is 0. The molecule has 2 aliphatic rings. The Kier molecular flexibility index (Phi) is 6.27. The molecule has 2 aliphatic heterocycles. The Morgan fingerprint density at radius 2 is 1.17 bits per heavy atom. The van der Waals surface area contributed by atoms with Crippen molar-refractivity contribution in [3.05, 3.63) is 0 Å². The lowest BCUT2D eigenvalue weighted by Gasteiger charge is -2.44. The number of aliphatic hydroxyl groups excluding tert-OH is 8. The van der Waals surface area contributed by atoms with Crippen LogP contribution in [0.2, 0.25) is 0 Å². The largest absolute Gasteiger partial charge is 0.394 e. The van der Waals surface area contributed by atoms with E-state index in [1.54, 1.807) is 0 Å². The molecule has 2 fully saturated rings. The molecule has 0 amide bonds. The van der Waals surface area contributed by atoms with Gasteiger partial charge in [0.05, 0.1) is 13.2 Å². The molecule has 11 heteroatoms. The maximum Gasteiger partial charge on any atom is 0.187 e. The van der Waals surface area contributed by atoms with Crippen molar-refractivity contribution in [2.75, 3.05) is 13.2 Å². The van der Waals surface area contributed by atoms with E-state index in [0.717, 1.165) is 0 Å². The first-order valence-corrected chi connectivity index (χ1v) is 7.08. The van der Waals surface area contributed by atoms with E-state index in [0.29, 0.717) is 0 Å². The number of ether oxygens (including phenoxy) is 3. The standard InChI is InChI=1S/C12H22O11/c13-1-3-6(16)8(18)10(11(20)21-3)23-12-9(19)7(17)5(15)4(2-14)22-12/h3-20H,1-2H2/t3-,4+,5-,6-,7+,8+,9-,10-,11-,12-/m0/s1. The van der Waals surface area contributed by atoms with Gasteiger partial charge in [-0.15, -0.1) is 0 Å². The highest BCUT2D eigenvalue weighted by atomic mass is 16.7. The van der Waals surface area contributed by atoms with Gasteiger partial charge in [0.1, 0.15) is 48.8 Å². The summed E-state index contributed by atoms with van der Waals surface area (Å²) in [4.78, 5) is 0. The number of hydrogen-bond donors (Lipinski definition) is 8. The molecule has 0 unspecified atom stereocenters. The topological polar surface area (TPSA) is 190 Å². The third-order valence-corrected chi connectivity index (χ3v) is 3.98. The molecule has 2 heterocycles. The Morgan fingerprint density at radius 3 is 1.74 bits per heavy atom. The van der Waals surface area contributed by atoms with Crippen LogP contribution in [0.25, 0.3) is 0 Å². The number of rotatable bonds is 4. The smallest absolute Gasteiger partial charge is 0.187 e. The molecular formula is C12H22O11. The summed E-state index contributed by atoms with van der Waals surface area (Å²) < 4.78 is 15.1. The van der Waals surface area contributed by atoms with Crippen LogP contribution in [0.15, 0.2) is 0 Å². The van der Waals surface area contributed by atoms with Crippen LogP contribution in [0.1, 0.15) is 0 Å². The van der Waals surface area contributed by atoms with Crippen LogP contribution >= 0.6 is 0 Å². The van der Waals surface area contributed by atoms with Crippen molar-refractivity contribution in [1.29, 1.82) is 0 Å². The molecule has 10 atom stereocenters. The van der Waals surface area contributed by atoms with Gasteiger partial charge in [0, 0.05) is 0 Å². The van der Waals surface area contributed by atoms with Gasteiger partial charge >= 0.3 is 0 Å². The SMILES string of the molecule is OC[C@@H]1O[C@H](O)[C@@H](O[C@@H]2O[C@H](CO)[C@H](O)[C@@H](O)[C@@H]2O)[C@H](O)[C@H]1O. The van der Waals surface area contributed by atoms with Gasteiger partial charge in [-0.05, 0) is 0 Å². The van der Waals surface area contributed by atoms with E-state index in [-0.39, 0.29) is 0 Å². The van der Waals surface area contributed by atoms with E-state index < -0.39 is 74.6 Å². The summed E-state index contributed by atoms with van der Waals surface area (Å²) >= 11 is 0. The molecule has 0 radical (unpaired) electrons. The van der Waals surface area contributed by atoms with E-state index in [1.165, 1.54) is 0 Å². The van der Waals surface area contributed by atoms with Crippen molar-refractivity contribution >= 4 is 0 Å². The predicted molar refractivity (Wildman–Crippen MR) is 68.6 cm³/mol. The summed E-state index contributed by atoms with van der Waals surface area (Å²) in [6.07, 6.45) is -15.6. The molecule has 0 saturated carbocycles. The van der Waals surface area contributed by atoms with Gasteiger partial charge < -0.3 is 55.1 Å². The second kappa shape index (κ2) is 7.63. The maximum atomic E-state index is 9.94. The van der Waals surface area contributed by atoms with Gasteiger partial charge in [-0.1, -0.05) is 0 Å². The summed E-state index contributed by atoms with van der Waals surface area (Å²) in [5.74, 6) is 0. The Hall–Kier alpha value is -0.440. The first-order chi connectivity index (χ1) is 10.8. The second-order valence-corrected chi connectivity index (χ2v) is 5.53. The van der Waals surface area contributed by atoms with Crippen LogP contribution in [-0.2, 0) is 14.2 Å². The molecule has 0 aromatic rings. The lowest BCUT2D eigenvalue weighted by atomic mass is 9.97. The predicted octanol–water partition coefficient (Wildman–Crippen LogP) is -5.40. The van der Waals surface area contributed by atoms with Crippen LogP contribution in [0.4, 0.5) is 0 Å². The van der Waals surface area contributed by atoms with Crippen molar-refractivity contribution in [2.45, 2.75) is 61.4 Å². The average Bonchev–Trinajstić information content (AvgIpc) is 2.54. The molecule has 2 saturated heterocycles. The highest BCUT2D eigenvalue weighted by Gasteiger charge is 2.50. The van der Waals surface area contributed by atoms with Gasteiger partial charge in [0.2, 0.25) is 0 Å². The molecular weight excluding hydrogens is 320 g/mol. The summed E-state index contributed by atoms with van der Waals surface area (Å²) in [6, 6.07) is 0. The molecule has 23 heavy (non-hydrogen) atoms. The van der Waals surface area contributed by atoms with E-state index in [2.05, 4.69) is 0 Å². The Morgan fingerprint density at radius 1 is 0.652 bits per heavy atom. The van der Waals surface area contributed by atoms with E-state index in [9.17, 15) is 30.6 Å². The van der Waals surface area contributed by atoms with Crippen molar-refractivity contribution in [1.82, 2.24) is 0 Å². The van der Waals surface area contributed by atoms with Crippen molar-refractivity contribution in [2.24, 2.45) is 0 Å². The molecule has 2 rings (SSSR count). The quantitative estimate of drug-likeness (QED) is 0.243. The monoisotopic (exact) mass is 342 g/mol. The van der Waals surface area contributed by atoms with Gasteiger partial charge in [-0.3, -0.25) is 0 Å². The zero-order chi connectivity index (χ0) is 17.3. The highest BCUT2D eigenvalue weighted by molar-refractivity contribution is 4.93. The van der Waals surface area contributed by atoms with Crippen LogP contribution in [0.5, 0.6) is 0 Å². The lowest BCUT2D eigenvalue weighted by molar-refractivity contribution is -0.361. The molecule has 0 aromatic carbocycles. The van der Waals surface area contributed by atoms with Crippen molar-refractivity contribution in [3.8, 4) is 0 Å². The van der Waals surface area contributed by atoms with Gasteiger partial charge in [0.25, 0.3) is 0 Å². The van der Waals surface area contributed by atoms with Crippen molar-refractivity contribution in [3.63, 3.8) is 0 Å². The van der Waals surface area contributed by atoms with Crippen LogP contribution in [-0.4, -0.2) is 115 Å². The summed E-state index contributed by atoms with van der Waals surface area (Å²) in [6.45, 7) is -1.33. The Balaban J connectivity index is 2.08. The van der Waals surface area contributed by atoms with Gasteiger partial charge in [-0.2, -0.15) is 0 Å². The molecule has 0 spiro atoms. The second-order valence-electron chi connectivity index (χ2n) is 5.53. The molecule has 0 aliphatic carbocycles. The fourth-order valence-corrected chi connectivity index (χ4v) is 2.55. The zero-order valence-corrected chi connectivity index (χ0v) is 12.0. The number of hydrogen-bond acceptors (Lipinski definition) is 11. The average molecular weight is 342 g/mol. The molecule has 136 valence electrons. The van der Waals surface area contributed by atoms with Crippen LogP contribution < -0.4 is 0 Å². The van der Waals surface area contributed by atoms with Crippen LogP contribution in [0.3, 0.4) is 0 Å². The normalized spacial score (nSPS) is 51.7. The molecule has 0 bridgehead atoms. The third kappa shape index (κ3) is 3.65. The highest BCUT2D eigenvalue weighted by Crippen LogP contribution is 2.28. The lowest BCUT2D eigenvalue weighted by Crippen LogP contribution is -2.64. The summed E-state index contributed by atoms with van der Waals surface area (Å²) in [5.41, 5.74) is 0. The molecule has 8 N–H and O–H groups in total. The first kappa shape index (κ1) is 18.9. The van der Waals surface area contributed by atoms with E-state index >= 15 is 0 Å². The summed E-state index contributed by atoms with van der Waals surface area (Å²) in [5, 5.41) is 76.7. The Bertz CT molecular complexity index is 380. The molecule has 0 aromatic heterocycles. The minimum Gasteiger partial charge on any atom is -0.394 e. The minimum atomic E-state index is -1.75. The fourth-order valence-electron chi connectivity index (χ4n) is 2.55. The van der Waals surface area contributed by atoms with E-state index in [1.807, 2.05) is 0 Å². The van der Waals surface area contributed by atoms with Crippen molar-refractivity contribution < 1.29 is 55.1 Å². The Labute approximate surface area is 130 Å². The van der Waals surface area contributed by atoms with Crippen LogP contribution in [0, 0.1) is 0 Å². The minimum absolute atomic E-state index is 0.651. The van der Waals surface area contributed by atoms with Gasteiger partial charge in [0.15, 0.2) is 12.6 Å². The zero-order valence-electron chi connectivity index (χ0n) is 12.0. The van der Waals surface area contributed by atoms with E-state index in [4.69, 9.17) is 24.4 Å². The number of aliphatic hydroxyl groups is 8. The molecule has 11 nitrogen and oxygen atoms in total. The van der Waals surface area contributed by atoms with Gasteiger partial charge in [-0.25, -0.2) is 0 Å². The first-order valence-electron chi connectivity index (χ1n) is 7.08. The fraction of sp³-hybridized carbons (Fsp3) is 1.00. The maximum absolute atomic E-state index is 9.94.